The molecule has 6 heteroatoms. The zero-order valence-corrected chi connectivity index (χ0v) is 14.0. The van der Waals surface area contributed by atoms with E-state index in [-0.39, 0.29) is 13.2 Å². The van der Waals surface area contributed by atoms with E-state index in [1.807, 2.05) is 12.1 Å². The number of hydrogen-bond acceptors (Lipinski definition) is 6. The molecule has 0 bridgehead atoms. The third-order valence-electron chi connectivity index (χ3n) is 4.37. The summed E-state index contributed by atoms with van der Waals surface area (Å²) in [5.41, 5.74) is 1.35. The number of hydrogen-bond donors (Lipinski definition) is 2. The van der Waals surface area contributed by atoms with Gasteiger partial charge in [0, 0.05) is 38.8 Å². The Labute approximate surface area is 140 Å². The van der Waals surface area contributed by atoms with Gasteiger partial charge in [0.25, 0.3) is 0 Å². The first-order chi connectivity index (χ1) is 11.3. The van der Waals surface area contributed by atoms with E-state index in [1.54, 1.807) is 11.3 Å². The van der Waals surface area contributed by atoms with Gasteiger partial charge in [0.05, 0.1) is 6.54 Å². The largest absolute Gasteiger partial charge is 0.462 e. The highest BCUT2D eigenvalue weighted by molar-refractivity contribution is 7.07. The van der Waals surface area contributed by atoms with Gasteiger partial charge in [0.2, 0.25) is 0 Å². The van der Waals surface area contributed by atoms with Crippen LogP contribution in [0.3, 0.4) is 0 Å². The maximum atomic E-state index is 9.38. The summed E-state index contributed by atoms with van der Waals surface area (Å²) in [7, 11) is 0. The van der Waals surface area contributed by atoms with Crippen molar-refractivity contribution in [2.75, 3.05) is 26.2 Å². The van der Waals surface area contributed by atoms with E-state index in [0.29, 0.717) is 11.8 Å². The summed E-state index contributed by atoms with van der Waals surface area (Å²) in [6, 6.07) is 6.30. The monoisotopic (exact) mass is 336 g/mol. The molecule has 0 aliphatic carbocycles. The Hall–Kier alpha value is -1.18. The van der Waals surface area contributed by atoms with Crippen LogP contribution < -0.4 is 0 Å². The number of rotatable bonds is 7. The SMILES string of the molecule is OCC[C@H]1CN(Cc2ccc(CO)o2)CCN1Cc1ccsc1. The average molecular weight is 336 g/mol. The minimum Gasteiger partial charge on any atom is -0.462 e. The second kappa shape index (κ2) is 8.08. The van der Waals surface area contributed by atoms with E-state index < -0.39 is 0 Å². The van der Waals surface area contributed by atoms with Crippen molar-refractivity contribution in [3.63, 3.8) is 0 Å². The third-order valence-corrected chi connectivity index (χ3v) is 5.10. The molecule has 2 aromatic heterocycles. The second-order valence-electron chi connectivity index (χ2n) is 6.03. The van der Waals surface area contributed by atoms with Crippen LogP contribution in [0, 0.1) is 0 Å². The molecular formula is C17H24N2O3S. The molecule has 3 heterocycles. The first-order valence-electron chi connectivity index (χ1n) is 8.05. The summed E-state index contributed by atoms with van der Waals surface area (Å²) in [6.07, 6.45) is 0.792. The molecule has 2 N–H and O–H groups in total. The van der Waals surface area contributed by atoms with Crippen LogP contribution >= 0.6 is 11.3 Å². The second-order valence-corrected chi connectivity index (χ2v) is 6.81. The lowest BCUT2D eigenvalue weighted by molar-refractivity contribution is 0.0465. The van der Waals surface area contributed by atoms with Crippen molar-refractivity contribution in [2.24, 2.45) is 0 Å². The molecule has 1 saturated heterocycles. The van der Waals surface area contributed by atoms with E-state index >= 15 is 0 Å². The van der Waals surface area contributed by atoms with E-state index in [0.717, 1.165) is 44.9 Å². The Morgan fingerprint density at radius 1 is 1.13 bits per heavy atom. The van der Waals surface area contributed by atoms with E-state index in [2.05, 4.69) is 26.6 Å². The molecule has 1 aliphatic heterocycles. The van der Waals surface area contributed by atoms with Crippen LogP contribution in [0.1, 0.15) is 23.5 Å². The summed E-state index contributed by atoms with van der Waals surface area (Å²) in [6.45, 7) is 4.79. The van der Waals surface area contributed by atoms with Gasteiger partial charge in [-0.3, -0.25) is 9.80 Å². The van der Waals surface area contributed by atoms with Crippen LogP contribution in [-0.2, 0) is 19.7 Å². The quantitative estimate of drug-likeness (QED) is 0.809. The van der Waals surface area contributed by atoms with Crippen molar-refractivity contribution >= 4 is 11.3 Å². The first kappa shape index (κ1) is 16.7. The fourth-order valence-electron chi connectivity index (χ4n) is 3.16. The van der Waals surface area contributed by atoms with Gasteiger partial charge < -0.3 is 14.6 Å². The fourth-order valence-corrected chi connectivity index (χ4v) is 3.82. The van der Waals surface area contributed by atoms with Crippen LogP contribution in [0.5, 0.6) is 0 Å². The summed E-state index contributed by atoms with van der Waals surface area (Å²) in [5.74, 6) is 1.51. The standard InChI is InChI=1S/C17H24N2O3S/c20-7-3-15-10-18(11-16-1-2-17(12-21)22-16)5-6-19(15)9-14-4-8-23-13-14/h1-2,4,8,13,15,20-21H,3,5-7,9-12H2/t15-/m0/s1. The van der Waals surface area contributed by atoms with Crippen molar-refractivity contribution < 1.29 is 14.6 Å². The number of piperazine rings is 1. The third kappa shape index (κ3) is 4.43. The first-order valence-corrected chi connectivity index (χ1v) is 8.99. The molecule has 5 nitrogen and oxygen atoms in total. The van der Waals surface area contributed by atoms with Crippen molar-refractivity contribution in [3.8, 4) is 0 Å². The van der Waals surface area contributed by atoms with Gasteiger partial charge in [-0.15, -0.1) is 0 Å². The molecule has 3 rings (SSSR count). The number of thiophene rings is 1. The molecular weight excluding hydrogens is 312 g/mol. The molecule has 0 amide bonds. The van der Waals surface area contributed by atoms with Crippen molar-refractivity contribution in [2.45, 2.75) is 32.2 Å². The van der Waals surface area contributed by atoms with Crippen LogP contribution in [-0.4, -0.2) is 52.3 Å². The molecule has 0 saturated carbocycles. The molecule has 126 valence electrons. The highest BCUT2D eigenvalue weighted by Crippen LogP contribution is 2.20. The zero-order chi connectivity index (χ0) is 16.1. The lowest BCUT2D eigenvalue weighted by Crippen LogP contribution is -2.52. The summed E-state index contributed by atoms with van der Waals surface area (Å²) in [4.78, 5) is 4.83. The maximum absolute atomic E-state index is 9.38. The summed E-state index contributed by atoms with van der Waals surface area (Å²) >= 11 is 1.73. The number of aliphatic hydroxyl groups excluding tert-OH is 2. The van der Waals surface area contributed by atoms with Crippen molar-refractivity contribution in [1.82, 2.24) is 9.80 Å². The minimum absolute atomic E-state index is 0.0540. The number of aliphatic hydroxyl groups is 2. The van der Waals surface area contributed by atoms with Gasteiger partial charge in [0.1, 0.15) is 18.1 Å². The van der Waals surface area contributed by atoms with Gasteiger partial charge in [-0.1, -0.05) is 0 Å². The van der Waals surface area contributed by atoms with Gasteiger partial charge in [0.15, 0.2) is 0 Å². The van der Waals surface area contributed by atoms with Crippen molar-refractivity contribution in [1.29, 1.82) is 0 Å². The van der Waals surface area contributed by atoms with Crippen LogP contribution in [0.25, 0.3) is 0 Å². The molecule has 1 atom stereocenters. The lowest BCUT2D eigenvalue weighted by Gasteiger charge is -2.41. The predicted molar refractivity (Wildman–Crippen MR) is 90.1 cm³/mol. The molecule has 23 heavy (non-hydrogen) atoms. The van der Waals surface area contributed by atoms with E-state index in [9.17, 15) is 5.11 Å². The van der Waals surface area contributed by atoms with E-state index in [4.69, 9.17) is 9.52 Å². The Bertz CT molecular complexity index is 584. The van der Waals surface area contributed by atoms with Gasteiger partial charge >= 0.3 is 0 Å². The van der Waals surface area contributed by atoms with Crippen LogP contribution in [0.2, 0.25) is 0 Å². The Morgan fingerprint density at radius 2 is 2.00 bits per heavy atom. The van der Waals surface area contributed by atoms with Crippen LogP contribution in [0.15, 0.2) is 33.4 Å². The molecule has 0 unspecified atom stereocenters. The summed E-state index contributed by atoms with van der Waals surface area (Å²) in [5, 5.41) is 22.8. The summed E-state index contributed by atoms with van der Waals surface area (Å²) < 4.78 is 5.59. The average Bonchev–Trinajstić information content (AvgIpc) is 3.21. The lowest BCUT2D eigenvalue weighted by atomic mass is 10.1. The predicted octanol–water partition coefficient (Wildman–Crippen LogP) is 1.90. The smallest absolute Gasteiger partial charge is 0.129 e. The topological polar surface area (TPSA) is 60.1 Å². The molecule has 0 radical (unpaired) electrons. The van der Waals surface area contributed by atoms with Crippen LogP contribution in [0.4, 0.5) is 0 Å². The maximum Gasteiger partial charge on any atom is 0.129 e. The van der Waals surface area contributed by atoms with E-state index in [1.165, 1.54) is 5.56 Å². The Balaban J connectivity index is 1.59. The molecule has 0 spiro atoms. The van der Waals surface area contributed by atoms with Gasteiger partial charge in [-0.05, 0) is 40.9 Å². The minimum atomic E-state index is -0.0540. The Morgan fingerprint density at radius 3 is 2.70 bits per heavy atom. The highest BCUT2D eigenvalue weighted by atomic mass is 32.1. The zero-order valence-electron chi connectivity index (χ0n) is 13.2. The van der Waals surface area contributed by atoms with Gasteiger partial charge in [-0.25, -0.2) is 0 Å². The Kier molecular flexibility index (Phi) is 5.85. The molecule has 1 fully saturated rings. The van der Waals surface area contributed by atoms with Gasteiger partial charge in [-0.2, -0.15) is 11.3 Å². The number of furan rings is 1. The van der Waals surface area contributed by atoms with Crippen molar-refractivity contribution in [3.05, 3.63) is 46.0 Å². The number of nitrogens with zero attached hydrogens (tertiary/aromatic N) is 2. The molecule has 2 aromatic rings. The fraction of sp³-hybridized carbons (Fsp3) is 0.529. The molecule has 0 aromatic carbocycles. The molecule has 1 aliphatic rings. The normalized spacial score (nSPS) is 20.2. The highest BCUT2D eigenvalue weighted by Gasteiger charge is 2.27.